The van der Waals surface area contributed by atoms with Crippen LogP contribution >= 0.6 is 0 Å². The van der Waals surface area contributed by atoms with Gasteiger partial charge in [0, 0.05) is 13.1 Å². The third kappa shape index (κ3) is 1.05. The molecule has 9 heavy (non-hydrogen) atoms. The number of aliphatic hydroxyl groups is 1. The number of hydrogen-bond acceptors (Lipinski definition) is 2. The summed E-state index contributed by atoms with van der Waals surface area (Å²) >= 11 is 0. The van der Waals surface area contributed by atoms with Crippen LogP contribution in [0.25, 0.3) is 0 Å². The zero-order valence-corrected chi connectivity index (χ0v) is 5.50. The molecule has 0 aromatic carbocycles. The van der Waals surface area contributed by atoms with E-state index in [0.29, 0.717) is 6.54 Å². The Bertz CT molecular complexity index is 122. The Labute approximate surface area is 54.3 Å². The van der Waals surface area contributed by atoms with E-state index in [-0.39, 0.29) is 18.4 Å². The van der Waals surface area contributed by atoms with Gasteiger partial charge < -0.3 is 10.0 Å². The van der Waals surface area contributed by atoms with E-state index in [1.165, 1.54) is 0 Å². The second-order valence-corrected chi connectivity index (χ2v) is 2.41. The Hall–Kier alpha value is -0.570. The third-order valence-electron chi connectivity index (χ3n) is 1.60. The van der Waals surface area contributed by atoms with Crippen LogP contribution in [0.5, 0.6) is 0 Å². The quantitative estimate of drug-likeness (QED) is 0.508. The number of nitrogens with zero attached hydrogens (tertiary/aromatic N) is 1. The summed E-state index contributed by atoms with van der Waals surface area (Å²) in [5.41, 5.74) is 0. The standard InChI is InChI=1S/C6H11NO2/c1-5-4-7(2-3-8)6(5)9/h5,8H,2-4H2,1H3/t5-/m1/s1. The number of amides is 1. The van der Waals surface area contributed by atoms with Crippen LogP contribution < -0.4 is 0 Å². The maximum atomic E-state index is 10.8. The van der Waals surface area contributed by atoms with Gasteiger partial charge in [0.05, 0.1) is 12.5 Å². The van der Waals surface area contributed by atoms with Gasteiger partial charge in [0.2, 0.25) is 5.91 Å². The van der Waals surface area contributed by atoms with E-state index >= 15 is 0 Å². The molecule has 1 saturated heterocycles. The lowest BCUT2D eigenvalue weighted by Gasteiger charge is -2.35. The fourth-order valence-electron chi connectivity index (χ4n) is 1.02. The van der Waals surface area contributed by atoms with E-state index in [1.807, 2.05) is 6.92 Å². The zero-order chi connectivity index (χ0) is 6.85. The van der Waals surface area contributed by atoms with Gasteiger partial charge in [-0.1, -0.05) is 6.92 Å². The van der Waals surface area contributed by atoms with Crippen molar-refractivity contribution in [1.29, 1.82) is 0 Å². The van der Waals surface area contributed by atoms with Crippen molar-refractivity contribution < 1.29 is 9.90 Å². The van der Waals surface area contributed by atoms with Crippen molar-refractivity contribution in [2.24, 2.45) is 5.92 Å². The molecular weight excluding hydrogens is 118 g/mol. The third-order valence-corrected chi connectivity index (χ3v) is 1.60. The predicted molar refractivity (Wildman–Crippen MR) is 32.8 cm³/mol. The van der Waals surface area contributed by atoms with Crippen molar-refractivity contribution in [3.63, 3.8) is 0 Å². The molecule has 1 aliphatic rings. The molecule has 0 aromatic heterocycles. The number of β-lactam (4-membered cyclic amide) rings is 1. The second kappa shape index (κ2) is 2.35. The van der Waals surface area contributed by atoms with E-state index < -0.39 is 0 Å². The second-order valence-electron chi connectivity index (χ2n) is 2.41. The molecule has 3 nitrogen and oxygen atoms in total. The van der Waals surface area contributed by atoms with Crippen molar-refractivity contribution in [2.75, 3.05) is 19.7 Å². The van der Waals surface area contributed by atoms with Crippen molar-refractivity contribution >= 4 is 5.91 Å². The summed E-state index contributed by atoms with van der Waals surface area (Å²) in [6.45, 7) is 3.30. The van der Waals surface area contributed by atoms with Gasteiger partial charge in [-0.15, -0.1) is 0 Å². The average Bonchev–Trinajstić information content (AvgIpc) is 1.88. The number of rotatable bonds is 2. The molecule has 0 spiro atoms. The van der Waals surface area contributed by atoms with Crippen molar-refractivity contribution in [2.45, 2.75) is 6.92 Å². The van der Waals surface area contributed by atoms with Gasteiger partial charge in [-0.2, -0.15) is 0 Å². The van der Waals surface area contributed by atoms with E-state index in [1.54, 1.807) is 4.90 Å². The maximum Gasteiger partial charge on any atom is 0.227 e. The average molecular weight is 129 g/mol. The number of likely N-dealkylation sites (tertiary alicyclic amines) is 1. The lowest BCUT2D eigenvalue weighted by atomic mass is 10.0. The normalized spacial score (nSPS) is 26.2. The van der Waals surface area contributed by atoms with Gasteiger partial charge in [-0.25, -0.2) is 0 Å². The van der Waals surface area contributed by atoms with Crippen molar-refractivity contribution in [3.8, 4) is 0 Å². The van der Waals surface area contributed by atoms with Gasteiger partial charge in [0.1, 0.15) is 0 Å². The van der Waals surface area contributed by atoms with Crippen LogP contribution in [0.2, 0.25) is 0 Å². The first kappa shape index (κ1) is 6.55. The summed E-state index contributed by atoms with van der Waals surface area (Å²) in [4.78, 5) is 12.4. The molecule has 52 valence electrons. The molecule has 3 heteroatoms. The number of carbonyl (C=O) groups excluding carboxylic acids is 1. The van der Waals surface area contributed by atoms with Gasteiger partial charge in [-0.3, -0.25) is 4.79 Å². The highest BCUT2D eigenvalue weighted by Crippen LogP contribution is 2.14. The van der Waals surface area contributed by atoms with E-state index in [9.17, 15) is 4.79 Å². The summed E-state index contributed by atoms with van der Waals surface area (Å²) < 4.78 is 0. The van der Waals surface area contributed by atoms with Crippen molar-refractivity contribution in [3.05, 3.63) is 0 Å². The highest BCUT2D eigenvalue weighted by atomic mass is 16.3. The molecule has 0 unspecified atom stereocenters. The Balaban J connectivity index is 2.25. The SMILES string of the molecule is C[C@@H]1CN(CCO)C1=O. The van der Waals surface area contributed by atoms with Gasteiger partial charge >= 0.3 is 0 Å². The summed E-state index contributed by atoms with van der Waals surface area (Å²) in [5.74, 6) is 0.362. The molecule has 0 bridgehead atoms. The highest BCUT2D eigenvalue weighted by molar-refractivity contribution is 5.84. The molecule has 0 saturated carbocycles. The molecule has 1 rings (SSSR count). The molecule has 0 aliphatic carbocycles. The van der Waals surface area contributed by atoms with Crippen LogP contribution in [-0.4, -0.2) is 35.6 Å². The Morgan fingerprint density at radius 3 is 2.89 bits per heavy atom. The number of β-amino-alcohol motifs (C(OH)–C–C–N with tert-alkyl or cyclic N) is 1. The molecule has 1 heterocycles. The van der Waals surface area contributed by atoms with Crippen LogP contribution in [0, 0.1) is 5.92 Å². The van der Waals surface area contributed by atoms with Crippen LogP contribution in [0.15, 0.2) is 0 Å². The fourth-order valence-corrected chi connectivity index (χ4v) is 1.02. The topological polar surface area (TPSA) is 40.5 Å². The molecule has 0 aromatic rings. The Morgan fingerprint density at radius 2 is 2.56 bits per heavy atom. The lowest BCUT2D eigenvalue weighted by molar-refractivity contribution is -0.147. The van der Waals surface area contributed by atoms with E-state index in [0.717, 1.165) is 6.54 Å². The van der Waals surface area contributed by atoms with E-state index in [2.05, 4.69) is 0 Å². The van der Waals surface area contributed by atoms with Crippen molar-refractivity contribution in [1.82, 2.24) is 4.90 Å². The lowest BCUT2D eigenvalue weighted by Crippen LogP contribution is -2.51. The van der Waals surface area contributed by atoms with Crippen LogP contribution in [0.4, 0.5) is 0 Å². The van der Waals surface area contributed by atoms with Crippen LogP contribution in [-0.2, 0) is 4.79 Å². The van der Waals surface area contributed by atoms with Gasteiger partial charge in [0.25, 0.3) is 0 Å². The smallest absolute Gasteiger partial charge is 0.227 e. The predicted octanol–water partition coefficient (Wildman–Crippen LogP) is -0.543. The zero-order valence-electron chi connectivity index (χ0n) is 5.50. The molecule has 0 radical (unpaired) electrons. The minimum absolute atomic E-state index is 0.0818. The first-order valence-electron chi connectivity index (χ1n) is 3.15. The first-order chi connectivity index (χ1) is 4.25. The van der Waals surface area contributed by atoms with Crippen LogP contribution in [0.3, 0.4) is 0 Å². The van der Waals surface area contributed by atoms with Gasteiger partial charge in [-0.05, 0) is 0 Å². The molecule has 1 aliphatic heterocycles. The summed E-state index contributed by atoms with van der Waals surface area (Å²) in [6.07, 6.45) is 0. The van der Waals surface area contributed by atoms with Gasteiger partial charge in [0.15, 0.2) is 0 Å². The minimum Gasteiger partial charge on any atom is -0.395 e. The summed E-state index contributed by atoms with van der Waals surface area (Å²) in [7, 11) is 0. The number of aliphatic hydroxyl groups excluding tert-OH is 1. The molecule has 1 fully saturated rings. The minimum atomic E-state index is 0.0818. The fraction of sp³-hybridized carbons (Fsp3) is 0.833. The van der Waals surface area contributed by atoms with E-state index in [4.69, 9.17) is 5.11 Å². The monoisotopic (exact) mass is 129 g/mol. The molecule has 1 amide bonds. The Kier molecular flexibility index (Phi) is 1.71. The maximum absolute atomic E-state index is 10.8. The first-order valence-corrected chi connectivity index (χ1v) is 3.15. The molecule has 1 N–H and O–H groups in total. The molecule has 1 atom stereocenters. The number of carbonyl (C=O) groups is 1. The summed E-state index contributed by atoms with van der Waals surface area (Å²) in [6, 6.07) is 0. The Morgan fingerprint density at radius 1 is 1.89 bits per heavy atom. The highest BCUT2D eigenvalue weighted by Gasteiger charge is 2.31. The largest absolute Gasteiger partial charge is 0.395 e. The summed E-state index contributed by atoms with van der Waals surface area (Å²) in [5, 5.41) is 8.41. The molecular formula is C6H11NO2. The van der Waals surface area contributed by atoms with Crippen LogP contribution in [0.1, 0.15) is 6.92 Å². The number of hydrogen-bond donors (Lipinski definition) is 1.